The molecule has 4 N–H and O–H groups in total. The highest BCUT2D eigenvalue weighted by molar-refractivity contribution is 5.81. The summed E-state index contributed by atoms with van der Waals surface area (Å²) in [5.41, 5.74) is 6.19. The van der Waals surface area contributed by atoms with Crippen LogP contribution >= 0.6 is 0 Å². The Morgan fingerprint density at radius 2 is 2.21 bits per heavy atom. The molecule has 0 bridgehead atoms. The van der Waals surface area contributed by atoms with Crippen LogP contribution < -0.4 is 15.8 Å². The molecular formula is C12H12N4O3. The third-order valence-electron chi connectivity index (χ3n) is 2.25. The molecule has 0 radical (unpaired) electrons. The molecular weight excluding hydrogens is 248 g/mol. The average molecular weight is 260 g/mol. The number of nitrogen functional groups attached to an aromatic ring is 1. The molecule has 0 saturated heterocycles. The van der Waals surface area contributed by atoms with Gasteiger partial charge in [-0.3, -0.25) is 5.32 Å². The Morgan fingerprint density at radius 3 is 2.89 bits per heavy atom. The molecule has 0 aliphatic rings. The number of aromatic nitrogens is 2. The van der Waals surface area contributed by atoms with Gasteiger partial charge >= 0.3 is 6.09 Å². The van der Waals surface area contributed by atoms with Crippen LogP contribution in [0.3, 0.4) is 0 Å². The van der Waals surface area contributed by atoms with Gasteiger partial charge in [0.15, 0.2) is 0 Å². The maximum Gasteiger partial charge on any atom is 0.410 e. The van der Waals surface area contributed by atoms with Gasteiger partial charge in [0, 0.05) is 12.3 Å². The topological polar surface area (TPSA) is 110 Å². The third kappa shape index (κ3) is 3.32. The first-order chi connectivity index (χ1) is 9.04. The molecule has 98 valence electrons. The zero-order valence-electron chi connectivity index (χ0n) is 10.1. The van der Waals surface area contributed by atoms with Crippen LogP contribution in [0.5, 0.6) is 11.5 Å². The Bertz CT molecular complexity index is 616. The molecule has 0 fully saturated rings. The second kappa shape index (κ2) is 5.21. The van der Waals surface area contributed by atoms with Crippen LogP contribution in [0.4, 0.5) is 16.4 Å². The van der Waals surface area contributed by atoms with Gasteiger partial charge in [-0.2, -0.15) is 0 Å². The van der Waals surface area contributed by atoms with Gasteiger partial charge in [-0.05, 0) is 25.1 Å². The van der Waals surface area contributed by atoms with Crippen molar-refractivity contribution >= 4 is 17.7 Å². The molecule has 2 rings (SSSR count). The monoisotopic (exact) mass is 260 g/mol. The van der Waals surface area contributed by atoms with E-state index in [-0.39, 0.29) is 5.82 Å². The minimum Gasteiger partial charge on any atom is -0.465 e. The molecule has 2 heterocycles. The standard InChI is InChI=1S/C12H12N4O3/c1-7-9(2-3-10(13)15-7)19-8-4-5-14-11(6-8)16-12(17)18/h2-6H,1H3,(H2,13,15)(H,14,16)(H,17,18). The van der Waals surface area contributed by atoms with Crippen molar-refractivity contribution in [1.29, 1.82) is 0 Å². The number of rotatable bonds is 3. The Balaban J connectivity index is 2.21. The lowest BCUT2D eigenvalue weighted by Gasteiger charge is -2.09. The Morgan fingerprint density at radius 1 is 1.42 bits per heavy atom. The minimum atomic E-state index is -1.19. The number of amides is 1. The van der Waals surface area contributed by atoms with Crippen molar-refractivity contribution in [3.8, 4) is 11.5 Å². The highest BCUT2D eigenvalue weighted by Gasteiger charge is 2.05. The number of anilines is 2. The molecule has 7 heteroatoms. The van der Waals surface area contributed by atoms with Gasteiger partial charge in [0.05, 0.1) is 5.69 Å². The Kier molecular flexibility index (Phi) is 3.46. The normalized spacial score (nSPS) is 9.95. The summed E-state index contributed by atoms with van der Waals surface area (Å²) in [6.07, 6.45) is 0.260. The van der Waals surface area contributed by atoms with Gasteiger partial charge in [-0.1, -0.05) is 0 Å². The molecule has 0 atom stereocenters. The van der Waals surface area contributed by atoms with E-state index in [0.717, 1.165) is 0 Å². The largest absolute Gasteiger partial charge is 0.465 e. The number of nitrogens with one attached hydrogen (secondary N) is 1. The minimum absolute atomic E-state index is 0.186. The first-order valence-corrected chi connectivity index (χ1v) is 5.41. The van der Waals surface area contributed by atoms with E-state index in [0.29, 0.717) is 23.0 Å². The van der Waals surface area contributed by atoms with Gasteiger partial charge in [0.1, 0.15) is 23.1 Å². The number of nitrogens with zero attached hydrogens (tertiary/aromatic N) is 2. The highest BCUT2D eigenvalue weighted by atomic mass is 16.5. The fourth-order valence-corrected chi connectivity index (χ4v) is 1.46. The average Bonchev–Trinajstić information content (AvgIpc) is 2.32. The van der Waals surface area contributed by atoms with Crippen LogP contribution in [0, 0.1) is 6.92 Å². The number of ether oxygens (including phenoxy) is 1. The van der Waals surface area contributed by atoms with Crippen molar-refractivity contribution in [1.82, 2.24) is 9.97 Å². The van der Waals surface area contributed by atoms with Crippen LogP contribution in [-0.2, 0) is 0 Å². The number of carboxylic acid groups (broad SMARTS) is 1. The van der Waals surface area contributed by atoms with Crippen molar-refractivity contribution < 1.29 is 14.6 Å². The predicted octanol–water partition coefficient (Wildman–Crippen LogP) is 2.25. The summed E-state index contributed by atoms with van der Waals surface area (Å²) in [6.45, 7) is 1.77. The van der Waals surface area contributed by atoms with Crippen LogP contribution in [0.25, 0.3) is 0 Å². The number of hydrogen-bond acceptors (Lipinski definition) is 5. The van der Waals surface area contributed by atoms with Gasteiger partial charge in [-0.25, -0.2) is 14.8 Å². The van der Waals surface area contributed by atoms with Crippen molar-refractivity contribution in [3.63, 3.8) is 0 Å². The number of pyridine rings is 2. The number of hydrogen-bond donors (Lipinski definition) is 3. The summed E-state index contributed by atoms with van der Waals surface area (Å²) in [5.74, 6) is 1.59. The van der Waals surface area contributed by atoms with Crippen LogP contribution in [0.15, 0.2) is 30.5 Å². The van der Waals surface area contributed by atoms with Gasteiger partial charge < -0.3 is 15.6 Å². The van der Waals surface area contributed by atoms with Gasteiger partial charge in [0.2, 0.25) is 0 Å². The molecule has 0 aliphatic heterocycles. The zero-order chi connectivity index (χ0) is 13.8. The van der Waals surface area contributed by atoms with E-state index in [1.165, 1.54) is 12.3 Å². The third-order valence-corrected chi connectivity index (χ3v) is 2.25. The molecule has 19 heavy (non-hydrogen) atoms. The summed E-state index contributed by atoms with van der Waals surface area (Å²) in [6, 6.07) is 6.41. The van der Waals surface area contributed by atoms with Crippen molar-refractivity contribution in [2.45, 2.75) is 6.92 Å². The maximum atomic E-state index is 10.5. The maximum absolute atomic E-state index is 10.5. The number of nitrogens with two attached hydrogens (primary N) is 1. The molecule has 2 aromatic rings. The van der Waals surface area contributed by atoms with E-state index in [1.54, 1.807) is 25.1 Å². The van der Waals surface area contributed by atoms with Crippen LogP contribution in [0.2, 0.25) is 0 Å². The van der Waals surface area contributed by atoms with E-state index in [9.17, 15) is 4.79 Å². The lowest BCUT2D eigenvalue weighted by molar-refractivity contribution is 0.209. The van der Waals surface area contributed by atoms with Crippen molar-refractivity contribution in [2.75, 3.05) is 11.1 Å². The Labute approximate surface area is 109 Å². The summed E-state index contributed by atoms with van der Waals surface area (Å²) < 4.78 is 5.60. The second-order valence-electron chi connectivity index (χ2n) is 3.73. The SMILES string of the molecule is Cc1nc(N)ccc1Oc1ccnc(NC(=O)O)c1. The molecule has 0 spiro atoms. The fraction of sp³-hybridized carbons (Fsp3) is 0.0833. The smallest absolute Gasteiger partial charge is 0.410 e. The van der Waals surface area contributed by atoms with E-state index < -0.39 is 6.09 Å². The van der Waals surface area contributed by atoms with E-state index in [1.807, 2.05) is 0 Å². The molecule has 0 aliphatic carbocycles. The van der Waals surface area contributed by atoms with Crippen molar-refractivity contribution in [2.24, 2.45) is 0 Å². The van der Waals surface area contributed by atoms with E-state index in [4.69, 9.17) is 15.6 Å². The van der Waals surface area contributed by atoms with Crippen molar-refractivity contribution in [3.05, 3.63) is 36.2 Å². The molecule has 0 aromatic carbocycles. The molecule has 0 unspecified atom stereocenters. The van der Waals surface area contributed by atoms with Gasteiger partial charge in [-0.15, -0.1) is 0 Å². The van der Waals surface area contributed by atoms with Crippen LogP contribution in [-0.4, -0.2) is 21.2 Å². The molecule has 2 aromatic heterocycles. The van der Waals surface area contributed by atoms with Gasteiger partial charge in [0.25, 0.3) is 0 Å². The summed E-state index contributed by atoms with van der Waals surface area (Å²) in [4.78, 5) is 18.4. The number of aryl methyl sites for hydroxylation is 1. The number of carbonyl (C=O) groups is 1. The molecule has 0 saturated carbocycles. The zero-order valence-corrected chi connectivity index (χ0v) is 10.1. The first kappa shape index (κ1) is 12.6. The highest BCUT2D eigenvalue weighted by Crippen LogP contribution is 2.25. The predicted molar refractivity (Wildman–Crippen MR) is 69.3 cm³/mol. The summed E-state index contributed by atoms with van der Waals surface area (Å²) >= 11 is 0. The first-order valence-electron chi connectivity index (χ1n) is 5.41. The summed E-state index contributed by atoms with van der Waals surface area (Å²) in [5, 5.41) is 10.8. The lowest BCUT2D eigenvalue weighted by Crippen LogP contribution is -2.08. The quantitative estimate of drug-likeness (QED) is 0.780. The lowest BCUT2D eigenvalue weighted by atomic mass is 10.3. The van der Waals surface area contributed by atoms with E-state index in [2.05, 4.69) is 15.3 Å². The van der Waals surface area contributed by atoms with E-state index >= 15 is 0 Å². The second-order valence-corrected chi connectivity index (χ2v) is 3.73. The Hall–Kier alpha value is -2.83. The molecule has 1 amide bonds. The fourth-order valence-electron chi connectivity index (χ4n) is 1.46. The molecule has 7 nitrogen and oxygen atoms in total. The van der Waals surface area contributed by atoms with Crippen LogP contribution in [0.1, 0.15) is 5.69 Å². The summed E-state index contributed by atoms with van der Waals surface area (Å²) in [7, 11) is 0.